The molecule has 0 radical (unpaired) electrons. The lowest BCUT2D eigenvalue weighted by atomic mass is 9.51. The average molecular weight is 249 g/mol. The summed E-state index contributed by atoms with van der Waals surface area (Å²) in [6.07, 6.45) is 6.69. The number of thioether (sulfide) groups is 1. The van der Waals surface area contributed by atoms with Gasteiger partial charge in [0.05, 0.1) is 17.6 Å². The van der Waals surface area contributed by atoms with Gasteiger partial charge in [0.25, 0.3) is 0 Å². The fourth-order valence-electron chi connectivity index (χ4n) is 4.74. The molecule has 0 unspecified atom stereocenters. The van der Waals surface area contributed by atoms with Crippen LogP contribution in [0.3, 0.4) is 0 Å². The van der Waals surface area contributed by atoms with Gasteiger partial charge in [0.15, 0.2) is 0 Å². The monoisotopic (exact) mass is 249 g/mol. The molecule has 4 bridgehead atoms. The van der Waals surface area contributed by atoms with Gasteiger partial charge in [-0.3, -0.25) is 4.79 Å². The minimum atomic E-state index is 0.356. The molecule has 0 N–H and O–H groups in total. The average Bonchev–Trinajstić information content (AvgIpc) is 2.27. The molecule has 0 aliphatic heterocycles. The second-order valence-corrected chi connectivity index (χ2v) is 7.06. The zero-order valence-corrected chi connectivity index (χ0v) is 10.9. The fraction of sp³-hybridized carbons (Fsp3) is 0.857. The molecule has 4 aliphatic rings. The lowest BCUT2D eigenvalue weighted by Gasteiger charge is -2.53. The minimum absolute atomic E-state index is 0.356. The topological polar surface area (TPSA) is 40.9 Å². The lowest BCUT2D eigenvalue weighted by molar-refractivity contribution is -0.133. The van der Waals surface area contributed by atoms with Crippen LogP contribution in [0.2, 0.25) is 0 Å². The molecule has 0 amide bonds. The summed E-state index contributed by atoms with van der Waals surface area (Å²) in [5.41, 5.74) is 0. The molecule has 0 saturated heterocycles. The van der Waals surface area contributed by atoms with Gasteiger partial charge < -0.3 is 0 Å². The Balaban J connectivity index is 1.64. The first-order valence-corrected chi connectivity index (χ1v) is 7.90. The third-order valence-corrected chi connectivity index (χ3v) is 5.83. The largest absolute Gasteiger partial charge is 0.298 e. The number of hydrogen-bond acceptors (Lipinski definition) is 3. The number of rotatable bonds is 4. The smallest absolute Gasteiger partial charge is 0.146 e. The second-order valence-electron chi connectivity index (χ2n) is 6.07. The molecule has 0 aromatic heterocycles. The summed E-state index contributed by atoms with van der Waals surface area (Å²) < 4.78 is 0. The van der Waals surface area contributed by atoms with Gasteiger partial charge in [0.1, 0.15) is 5.78 Å². The summed E-state index contributed by atoms with van der Waals surface area (Å²) in [5, 5.41) is 8.51. The summed E-state index contributed by atoms with van der Waals surface area (Å²) in [5.74, 6) is 5.09. The number of ketones is 1. The third kappa shape index (κ3) is 2.12. The lowest BCUT2D eigenvalue weighted by Crippen LogP contribution is -2.48. The third-order valence-electron chi connectivity index (χ3n) is 5.01. The van der Waals surface area contributed by atoms with E-state index in [2.05, 4.69) is 6.07 Å². The first-order chi connectivity index (χ1) is 8.28. The van der Waals surface area contributed by atoms with Crippen LogP contribution in [0.15, 0.2) is 0 Å². The van der Waals surface area contributed by atoms with Gasteiger partial charge in [-0.25, -0.2) is 0 Å². The molecule has 0 heterocycles. The molecule has 17 heavy (non-hydrogen) atoms. The second kappa shape index (κ2) is 4.65. The van der Waals surface area contributed by atoms with E-state index in [-0.39, 0.29) is 0 Å². The summed E-state index contributed by atoms with van der Waals surface area (Å²) in [4.78, 5) is 12.3. The fourth-order valence-corrected chi connectivity index (χ4v) is 5.33. The summed E-state index contributed by atoms with van der Waals surface area (Å²) >= 11 is 1.50. The van der Waals surface area contributed by atoms with E-state index in [1.165, 1.54) is 43.9 Å². The van der Waals surface area contributed by atoms with Crippen molar-refractivity contribution in [3.05, 3.63) is 0 Å². The quantitative estimate of drug-likeness (QED) is 0.719. The van der Waals surface area contributed by atoms with Crippen LogP contribution in [0.5, 0.6) is 0 Å². The Hall–Kier alpha value is -0.490. The van der Waals surface area contributed by atoms with Gasteiger partial charge in [-0.2, -0.15) is 5.26 Å². The van der Waals surface area contributed by atoms with Crippen molar-refractivity contribution < 1.29 is 4.79 Å². The number of carbonyl (C=O) groups excluding carboxylic acids is 1. The molecule has 4 rings (SSSR count). The first-order valence-electron chi connectivity index (χ1n) is 6.75. The van der Waals surface area contributed by atoms with E-state index >= 15 is 0 Å². The number of carbonyl (C=O) groups is 1. The van der Waals surface area contributed by atoms with Gasteiger partial charge in [-0.15, -0.1) is 11.8 Å². The van der Waals surface area contributed by atoms with Crippen molar-refractivity contribution in [2.45, 2.75) is 32.1 Å². The maximum atomic E-state index is 12.3. The van der Waals surface area contributed by atoms with Crippen molar-refractivity contribution in [3.63, 3.8) is 0 Å². The predicted octanol–water partition coefficient (Wildman–Crippen LogP) is 2.88. The van der Waals surface area contributed by atoms with Crippen molar-refractivity contribution in [3.8, 4) is 6.07 Å². The van der Waals surface area contributed by atoms with E-state index in [9.17, 15) is 4.79 Å². The maximum absolute atomic E-state index is 12.3. The summed E-state index contributed by atoms with van der Waals surface area (Å²) in [6, 6.07) is 2.10. The summed E-state index contributed by atoms with van der Waals surface area (Å²) in [7, 11) is 0. The first kappa shape index (κ1) is 11.6. The minimum Gasteiger partial charge on any atom is -0.298 e. The highest BCUT2D eigenvalue weighted by molar-refractivity contribution is 8.00. The highest BCUT2D eigenvalue weighted by Crippen LogP contribution is 2.56. The van der Waals surface area contributed by atoms with Crippen molar-refractivity contribution in [1.82, 2.24) is 0 Å². The molecule has 0 aromatic rings. The molecule has 0 spiro atoms. The molecular weight excluding hydrogens is 230 g/mol. The van der Waals surface area contributed by atoms with E-state index in [1.807, 2.05) is 0 Å². The van der Waals surface area contributed by atoms with Crippen molar-refractivity contribution >= 4 is 17.5 Å². The van der Waals surface area contributed by atoms with E-state index in [4.69, 9.17) is 5.26 Å². The van der Waals surface area contributed by atoms with E-state index in [1.54, 1.807) is 0 Å². The van der Waals surface area contributed by atoms with Gasteiger partial charge in [0, 0.05) is 5.92 Å². The van der Waals surface area contributed by atoms with Gasteiger partial charge >= 0.3 is 0 Å². The predicted molar refractivity (Wildman–Crippen MR) is 68.5 cm³/mol. The number of hydrogen-bond donors (Lipinski definition) is 0. The Morgan fingerprint density at radius 1 is 1.12 bits per heavy atom. The van der Waals surface area contributed by atoms with Crippen LogP contribution in [-0.4, -0.2) is 17.3 Å². The van der Waals surface area contributed by atoms with Crippen LogP contribution in [0.4, 0.5) is 0 Å². The molecule has 4 fully saturated rings. The van der Waals surface area contributed by atoms with Crippen LogP contribution >= 0.6 is 11.8 Å². The molecule has 4 saturated carbocycles. The van der Waals surface area contributed by atoms with Gasteiger partial charge in [0.2, 0.25) is 0 Å². The van der Waals surface area contributed by atoms with Crippen LogP contribution < -0.4 is 0 Å². The Labute approximate surface area is 107 Å². The van der Waals surface area contributed by atoms with E-state index in [0.29, 0.717) is 35.0 Å². The van der Waals surface area contributed by atoms with Crippen LogP contribution in [0.1, 0.15) is 32.1 Å². The Kier molecular flexibility index (Phi) is 3.17. The maximum Gasteiger partial charge on any atom is 0.146 e. The molecular formula is C14H19NOS. The summed E-state index contributed by atoms with van der Waals surface area (Å²) in [6.45, 7) is 0. The molecule has 3 heteroatoms. The van der Waals surface area contributed by atoms with Crippen molar-refractivity contribution in [2.75, 3.05) is 11.5 Å². The Morgan fingerprint density at radius 3 is 2.24 bits per heavy atom. The molecule has 0 atom stereocenters. The van der Waals surface area contributed by atoms with Gasteiger partial charge in [-0.05, 0) is 55.8 Å². The molecule has 0 aromatic carbocycles. The van der Waals surface area contributed by atoms with E-state index < -0.39 is 0 Å². The zero-order chi connectivity index (χ0) is 11.8. The Morgan fingerprint density at radius 2 is 1.71 bits per heavy atom. The van der Waals surface area contributed by atoms with Crippen LogP contribution in [-0.2, 0) is 4.79 Å². The van der Waals surface area contributed by atoms with Crippen LogP contribution in [0.25, 0.3) is 0 Å². The van der Waals surface area contributed by atoms with Crippen molar-refractivity contribution in [1.29, 1.82) is 5.26 Å². The highest BCUT2D eigenvalue weighted by Gasteiger charge is 2.50. The molecule has 2 nitrogen and oxygen atoms in total. The van der Waals surface area contributed by atoms with E-state index in [0.717, 1.165) is 11.8 Å². The van der Waals surface area contributed by atoms with Crippen LogP contribution in [0, 0.1) is 40.9 Å². The zero-order valence-electron chi connectivity index (χ0n) is 10.1. The highest BCUT2D eigenvalue weighted by atomic mass is 32.2. The normalized spacial score (nSPS) is 42.4. The standard InChI is InChI=1S/C14H19NOS/c15-1-2-17-8-13(16)14-11-4-9-3-10(6-11)7-12(14)5-9/h9-12,14H,2-8H2. The number of nitriles is 1. The Bertz CT molecular complexity index is 332. The number of Topliss-reactive ketones (excluding diaryl/α,β-unsaturated/α-hetero) is 1. The van der Waals surface area contributed by atoms with Crippen molar-refractivity contribution in [2.24, 2.45) is 29.6 Å². The molecule has 4 aliphatic carbocycles. The van der Waals surface area contributed by atoms with Gasteiger partial charge in [-0.1, -0.05) is 0 Å². The number of nitrogens with zero attached hydrogens (tertiary/aromatic N) is 1. The SMILES string of the molecule is N#CCSCC(=O)C1C2CC3CC(C2)CC1C3. The molecule has 92 valence electrons.